The summed E-state index contributed by atoms with van der Waals surface area (Å²) in [6, 6.07) is 22.2. The number of aromatic nitrogens is 4. The minimum Gasteiger partial charge on any atom is -0.497 e. The highest BCUT2D eigenvalue weighted by Gasteiger charge is 2.35. The molecule has 236 valence electrons. The van der Waals surface area contributed by atoms with Gasteiger partial charge >= 0.3 is 0 Å². The number of methoxy groups -OCH3 is 1. The minimum absolute atomic E-state index is 0.00942. The number of rotatable bonds is 8. The fraction of sp³-hybridized carbons (Fsp3) is 0.147. The van der Waals surface area contributed by atoms with Gasteiger partial charge in [0.2, 0.25) is 5.88 Å². The van der Waals surface area contributed by atoms with Crippen LogP contribution in [0.4, 0.5) is 38.8 Å². The van der Waals surface area contributed by atoms with E-state index in [0.29, 0.717) is 58.2 Å². The molecule has 0 bridgehead atoms. The van der Waals surface area contributed by atoms with Gasteiger partial charge in [0.05, 0.1) is 23.1 Å². The molecule has 6 aromatic rings. The normalized spacial score (nSPS) is 12.3. The maximum absolute atomic E-state index is 15.7. The van der Waals surface area contributed by atoms with Crippen LogP contribution in [0.1, 0.15) is 5.69 Å². The predicted octanol–water partition coefficient (Wildman–Crippen LogP) is 7.15. The Morgan fingerprint density at radius 1 is 1.02 bits per heavy atom. The van der Waals surface area contributed by atoms with Crippen LogP contribution in [0.15, 0.2) is 85.2 Å². The number of nitro benzene ring substituents is 1. The molecule has 0 radical (unpaired) electrons. The van der Waals surface area contributed by atoms with Crippen LogP contribution in [-0.4, -0.2) is 45.1 Å². The van der Waals surface area contributed by atoms with Crippen LogP contribution in [-0.2, 0) is 6.54 Å². The van der Waals surface area contributed by atoms with E-state index in [1.807, 2.05) is 40.7 Å². The number of nitrogens with two attached hydrogens (primary N) is 1. The van der Waals surface area contributed by atoms with Crippen LogP contribution >= 0.6 is 0 Å². The topological polar surface area (TPSA) is 138 Å². The van der Waals surface area contributed by atoms with Crippen LogP contribution in [0.3, 0.4) is 0 Å². The summed E-state index contributed by atoms with van der Waals surface area (Å²) in [5.74, 6) is 1.23. The van der Waals surface area contributed by atoms with Gasteiger partial charge in [-0.2, -0.15) is 0 Å². The zero-order chi connectivity index (χ0) is 32.8. The van der Waals surface area contributed by atoms with E-state index in [1.165, 1.54) is 18.5 Å². The van der Waals surface area contributed by atoms with Crippen LogP contribution in [0, 0.1) is 22.9 Å². The van der Waals surface area contributed by atoms with Crippen molar-refractivity contribution in [2.45, 2.75) is 13.5 Å². The quantitative estimate of drug-likeness (QED) is 0.136. The Morgan fingerprint density at radius 2 is 1.81 bits per heavy atom. The lowest BCUT2D eigenvalue weighted by Gasteiger charge is -2.28. The molecule has 0 saturated heterocycles. The molecular weight excluding hydrogens is 603 g/mol. The third-order valence-corrected chi connectivity index (χ3v) is 8.22. The molecule has 13 heteroatoms. The lowest BCUT2D eigenvalue weighted by atomic mass is 10.0. The lowest BCUT2D eigenvalue weighted by Crippen LogP contribution is -2.20. The molecule has 1 aliphatic rings. The Hall–Kier alpha value is -6.24. The van der Waals surface area contributed by atoms with Gasteiger partial charge in [0.15, 0.2) is 11.6 Å². The summed E-state index contributed by atoms with van der Waals surface area (Å²) in [5, 5.41) is 13.0. The van der Waals surface area contributed by atoms with Gasteiger partial charge in [0.25, 0.3) is 5.69 Å². The molecule has 3 aromatic carbocycles. The van der Waals surface area contributed by atoms with E-state index in [0.717, 1.165) is 11.4 Å². The molecule has 0 amide bonds. The van der Waals surface area contributed by atoms with E-state index >= 15 is 4.39 Å². The van der Waals surface area contributed by atoms with Crippen molar-refractivity contribution >= 4 is 45.4 Å². The van der Waals surface area contributed by atoms with Gasteiger partial charge in [-0.05, 0) is 61.0 Å². The largest absolute Gasteiger partial charge is 0.497 e. The molecule has 47 heavy (non-hydrogen) atoms. The smallest absolute Gasteiger partial charge is 0.295 e. The Labute approximate surface area is 268 Å². The van der Waals surface area contributed by atoms with Gasteiger partial charge in [0.1, 0.15) is 35.0 Å². The summed E-state index contributed by atoms with van der Waals surface area (Å²) in [5.41, 5.74) is 10.5. The fourth-order valence-corrected chi connectivity index (χ4v) is 6.08. The first-order valence-electron chi connectivity index (χ1n) is 14.7. The number of hydrogen-bond acceptors (Lipinski definition) is 10. The molecule has 4 heterocycles. The molecule has 0 unspecified atom stereocenters. The average molecular weight is 633 g/mol. The molecule has 12 nitrogen and oxygen atoms in total. The average Bonchev–Trinajstić information content (AvgIpc) is 3.64. The third kappa shape index (κ3) is 5.07. The number of hydrogen-bond donors (Lipinski definition) is 1. The van der Waals surface area contributed by atoms with Crippen molar-refractivity contribution in [1.82, 2.24) is 19.5 Å². The van der Waals surface area contributed by atoms with E-state index in [4.69, 9.17) is 15.2 Å². The van der Waals surface area contributed by atoms with Gasteiger partial charge in [-0.1, -0.05) is 18.2 Å². The molecule has 0 saturated carbocycles. The number of aryl methyl sites for hydroxylation is 1. The standard InChI is InChI=1S/C34H29FN8O4/c1-20-6-4-9-28(39-20)47-27-15-10-21(18-24(27)35)29-30-32(36)37-19-38-33(30)42-17-16-41(34(29)42)25-7-5-8-26(43(44)45)31(25)40(2)22-11-13-23(46-3)14-12-22/h4-15,18-19H,16-17H2,1-3H3,(H2,36,37,38). The van der Waals surface area contributed by atoms with Crippen molar-refractivity contribution < 1.29 is 18.8 Å². The van der Waals surface area contributed by atoms with Crippen LogP contribution in [0.5, 0.6) is 17.4 Å². The molecule has 2 N–H and O–H groups in total. The molecular formula is C34H29FN8O4. The zero-order valence-electron chi connectivity index (χ0n) is 25.7. The van der Waals surface area contributed by atoms with Gasteiger partial charge in [0, 0.05) is 49.2 Å². The zero-order valence-corrected chi connectivity index (χ0v) is 25.7. The minimum atomic E-state index is -0.603. The number of anilines is 5. The highest BCUT2D eigenvalue weighted by molar-refractivity contribution is 6.09. The summed E-state index contributed by atoms with van der Waals surface area (Å²) in [4.78, 5) is 28.9. The molecule has 1 aliphatic heterocycles. The Kier molecular flexibility index (Phi) is 7.27. The van der Waals surface area contributed by atoms with E-state index in [1.54, 1.807) is 61.5 Å². The molecule has 3 aromatic heterocycles. The van der Waals surface area contributed by atoms with Gasteiger partial charge in [-0.3, -0.25) is 10.1 Å². The van der Waals surface area contributed by atoms with Crippen LogP contribution < -0.4 is 25.0 Å². The molecule has 0 aliphatic carbocycles. The van der Waals surface area contributed by atoms with E-state index in [9.17, 15) is 10.1 Å². The number of para-hydroxylation sites is 1. The third-order valence-electron chi connectivity index (χ3n) is 8.22. The van der Waals surface area contributed by atoms with Crippen LogP contribution in [0.2, 0.25) is 0 Å². The van der Waals surface area contributed by atoms with Crippen molar-refractivity contribution in [3.63, 3.8) is 0 Å². The number of benzene rings is 3. The number of ether oxygens (including phenoxy) is 2. The first-order valence-corrected chi connectivity index (χ1v) is 14.7. The molecule has 0 atom stereocenters. The summed E-state index contributed by atoms with van der Waals surface area (Å²) in [7, 11) is 3.36. The number of nitrogen functional groups attached to an aromatic ring is 1. The maximum atomic E-state index is 15.7. The van der Waals surface area contributed by atoms with E-state index in [-0.39, 0.29) is 23.1 Å². The molecule has 0 fully saturated rings. The summed E-state index contributed by atoms with van der Waals surface area (Å²) in [6.07, 6.45) is 1.39. The number of halogens is 1. The summed E-state index contributed by atoms with van der Waals surface area (Å²) < 4.78 is 28.8. The number of fused-ring (bicyclic) bond motifs is 3. The van der Waals surface area contributed by atoms with Crippen molar-refractivity contribution in [2.24, 2.45) is 0 Å². The van der Waals surface area contributed by atoms with Crippen molar-refractivity contribution in [2.75, 3.05) is 36.2 Å². The van der Waals surface area contributed by atoms with Gasteiger partial charge in [-0.25, -0.2) is 19.3 Å². The molecule has 7 rings (SSSR count). The summed E-state index contributed by atoms with van der Waals surface area (Å²) >= 11 is 0. The summed E-state index contributed by atoms with van der Waals surface area (Å²) in [6.45, 7) is 2.79. The second-order valence-electron chi connectivity index (χ2n) is 11.0. The second kappa shape index (κ2) is 11.6. The van der Waals surface area contributed by atoms with Crippen molar-refractivity contribution in [1.29, 1.82) is 0 Å². The van der Waals surface area contributed by atoms with E-state index in [2.05, 4.69) is 15.0 Å². The second-order valence-corrected chi connectivity index (χ2v) is 11.0. The van der Waals surface area contributed by atoms with Crippen molar-refractivity contribution in [3.8, 4) is 28.5 Å². The van der Waals surface area contributed by atoms with E-state index < -0.39 is 10.7 Å². The maximum Gasteiger partial charge on any atom is 0.295 e. The fourth-order valence-electron chi connectivity index (χ4n) is 6.08. The van der Waals surface area contributed by atoms with Gasteiger partial charge in [-0.15, -0.1) is 0 Å². The number of pyridine rings is 1. The highest BCUT2D eigenvalue weighted by atomic mass is 19.1. The van der Waals surface area contributed by atoms with Crippen molar-refractivity contribution in [3.05, 3.63) is 107 Å². The lowest BCUT2D eigenvalue weighted by molar-refractivity contribution is -0.384. The number of nitrogens with zero attached hydrogens (tertiary/aromatic N) is 7. The molecule has 0 spiro atoms. The SMILES string of the molecule is COc1ccc(N(C)c2c(N3CCn4c3c(-c3ccc(Oc5cccc(C)n5)c(F)c3)c3c(N)ncnc34)cccc2[N+](=O)[O-])cc1. The predicted molar refractivity (Wildman–Crippen MR) is 178 cm³/mol. The number of nitro groups is 1. The Balaban J connectivity index is 1.39. The Morgan fingerprint density at radius 3 is 2.53 bits per heavy atom. The van der Waals surface area contributed by atoms with Gasteiger partial charge < -0.3 is 29.6 Å². The monoisotopic (exact) mass is 632 g/mol. The first kappa shape index (κ1) is 29.5. The van der Waals surface area contributed by atoms with Crippen LogP contribution in [0.25, 0.3) is 22.2 Å². The Bertz CT molecular complexity index is 2170. The highest BCUT2D eigenvalue weighted by Crippen LogP contribution is 2.51. The first-order chi connectivity index (χ1) is 22.7.